The molecule has 4 nitrogen and oxygen atoms in total. The average Bonchev–Trinajstić information content (AvgIpc) is 2.55. The second-order valence-electron chi connectivity index (χ2n) is 4.62. The Kier molecular flexibility index (Phi) is 4.55. The number of carbonyl (C=O) groups excluding carboxylic acids is 1. The van der Waals surface area contributed by atoms with E-state index in [1.165, 1.54) is 5.56 Å². The summed E-state index contributed by atoms with van der Waals surface area (Å²) in [5.74, 6) is 0.170. The van der Waals surface area contributed by atoms with Gasteiger partial charge in [0, 0.05) is 45.8 Å². The number of aromatic nitrogens is 1. The first-order chi connectivity index (χ1) is 8.65. The van der Waals surface area contributed by atoms with Crippen molar-refractivity contribution in [2.75, 3.05) is 26.2 Å². The summed E-state index contributed by atoms with van der Waals surface area (Å²) in [5, 5.41) is 0.535. The Labute approximate surface area is 113 Å². The van der Waals surface area contributed by atoms with Crippen molar-refractivity contribution >= 4 is 17.5 Å². The van der Waals surface area contributed by atoms with Crippen molar-refractivity contribution in [2.45, 2.75) is 19.9 Å². The van der Waals surface area contributed by atoms with Gasteiger partial charge in [-0.25, -0.2) is 4.98 Å². The fourth-order valence-corrected chi connectivity index (χ4v) is 2.44. The van der Waals surface area contributed by atoms with Crippen LogP contribution in [0.4, 0.5) is 0 Å². The van der Waals surface area contributed by atoms with E-state index in [0.717, 1.165) is 39.1 Å². The van der Waals surface area contributed by atoms with Crippen LogP contribution in [0, 0.1) is 0 Å². The van der Waals surface area contributed by atoms with Crippen LogP contribution in [0.3, 0.4) is 0 Å². The van der Waals surface area contributed by atoms with Crippen molar-refractivity contribution in [3.8, 4) is 0 Å². The highest BCUT2D eigenvalue weighted by Crippen LogP contribution is 2.12. The molecule has 1 fully saturated rings. The standard InChI is InChI=1S/C13H18ClN3O/c1-11(18)17-6-2-5-16(7-8-17)10-12-3-4-15-13(14)9-12/h3-4,9H,2,5-8,10H2,1H3. The molecule has 0 aromatic carbocycles. The van der Waals surface area contributed by atoms with E-state index in [1.807, 2.05) is 17.0 Å². The van der Waals surface area contributed by atoms with Crippen molar-refractivity contribution in [3.63, 3.8) is 0 Å². The zero-order valence-corrected chi connectivity index (χ0v) is 11.4. The van der Waals surface area contributed by atoms with Gasteiger partial charge in [0.05, 0.1) is 0 Å². The molecule has 1 amide bonds. The largest absolute Gasteiger partial charge is 0.342 e. The fourth-order valence-electron chi connectivity index (χ4n) is 2.24. The first-order valence-electron chi connectivity index (χ1n) is 6.23. The van der Waals surface area contributed by atoms with E-state index in [1.54, 1.807) is 13.1 Å². The minimum Gasteiger partial charge on any atom is -0.342 e. The average molecular weight is 268 g/mol. The third-order valence-corrected chi connectivity index (χ3v) is 3.44. The molecule has 0 atom stereocenters. The second-order valence-corrected chi connectivity index (χ2v) is 5.01. The molecule has 98 valence electrons. The molecule has 18 heavy (non-hydrogen) atoms. The third-order valence-electron chi connectivity index (χ3n) is 3.23. The van der Waals surface area contributed by atoms with Crippen LogP contribution in [0.1, 0.15) is 18.9 Å². The van der Waals surface area contributed by atoms with Crippen LogP contribution in [-0.2, 0) is 11.3 Å². The lowest BCUT2D eigenvalue weighted by Gasteiger charge is -2.21. The van der Waals surface area contributed by atoms with Gasteiger partial charge in [-0.3, -0.25) is 9.69 Å². The summed E-state index contributed by atoms with van der Waals surface area (Å²) in [6.45, 7) is 6.12. The SMILES string of the molecule is CC(=O)N1CCCN(Cc2ccnc(Cl)c2)CC1. The van der Waals surface area contributed by atoms with Gasteiger partial charge in [0.2, 0.25) is 5.91 Å². The summed E-state index contributed by atoms with van der Waals surface area (Å²) in [4.78, 5) is 19.6. The number of hydrogen-bond donors (Lipinski definition) is 0. The highest BCUT2D eigenvalue weighted by Gasteiger charge is 2.16. The molecule has 0 spiro atoms. The predicted octanol–water partition coefficient (Wildman–Crippen LogP) is 1.79. The fraction of sp³-hybridized carbons (Fsp3) is 0.538. The monoisotopic (exact) mass is 267 g/mol. The van der Waals surface area contributed by atoms with Gasteiger partial charge in [-0.15, -0.1) is 0 Å². The van der Waals surface area contributed by atoms with E-state index >= 15 is 0 Å². The molecule has 1 aromatic heterocycles. The van der Waals surface area contributed by atoms with Crippen molar-refractivity contribution in [2.24, 2.45) is 0 Å². The first-order valence-corrected chi connectivity index (χ1v) is 6.61. The van der Waals surface area contributed by atoms with Gasteiger partial charge in [-0.2, -0.15) is 0 Å². The Bertz CT molecular complexity index is 424. The lowest BCUT2D eigenvalue weighted by atomic mass is 10.2. The highest BCUT2D eigenvalue weighted by atomic mass is 35.5. The Morgan fingerprint density at radius 1 is 1.39 bits per heavy atom. The summed E-state index contributed by atoms with van der Waals surface area (Å²) < 4.78 is 0. The first kappa shape index (κ1) is 13.3. The topological polar surface area (TPSA) is 36.4 Å². The molecule has 0 aliphatic carbocycles. The maximum absolute atomic E-state index is 11.3. The van der Waals surface area contributed by atoms with Crippen molar-refractivity contribution in [3.05, 3.63) is 29.0 Å². The summed E-state index contributed by atoms with van der Waals surface area (Å²) in [5.41, 5.74) is 1.17. The summed E-state index contributed by atoms with van der Waals surface area (Å²) in [6, 6.07) is 3.88. The van der Waals surface area contributed by atoms with Gasteiger partial charge in [-0.05, 0) is 24.1 Å². The molecule has 1 aliphatic heterocycles. The minimum absolute atomic E-state index is 0.170. The minimum atomic E-state index is 0.170. The van der Waals surface area contributed by atoms with Gasteiger partial charge in [0.15, 0.2) is 0 Å². The molecular formula is C13H18ClN3O. The molecule has 0 radical (unpaired) electrons. The van der Waals surface area contributed by atoms with Crippen LogP contribution in [0.25, 0.3) is 0 Å². The van der Waals surface area contributed by atoms with E-state index in [0.29, 0.717) is 5.15 Å². The van der Waals surface area contributed by atoms with Gasteiger partial charge in [0.1, 0.15) is 5.15 Å². The molecule has 1 saturated heterocycles. The molecule has 0 saturated carbocycles. The van der Waals surface area contributed by atoms with E-state index in [9.17, 15) is 4.79 Å². The van der Waals surface area contributed by atoms with Gasteiger partial charge in [-0.1, -0.05) is 11.6 Å². The van der Waals surface area contributed by atoms with Gasteiger partial charge < -0.3 is 4.90 Å². The lowest BCUT2D eigenvalue weighted by molar-refractivity contribution is -0.128. The summed E-state index contributed by atoms with van der Waals surface area (Å²) >= 11 is 5.88. The number of hydrogen-bond acceptors (Lipinski definition) is 3. The zero-order valence-electron chi connectivity index (χ0n) is 10.6. The van der Waals surface area contributed by atoms with Crippen LogP contribution < -0.4 is 0 Å². The van der Waals surface area contributed by atoms with Crippen LogP contribution in [0.15, 0.2) is 18.3 Å². The van der Waals surface area contributed by atoms with Crippen LogP contribution >= 0.6 is 11.6 Å². The number of amides is 1. The molecule has 1 aliphatic rings. The van der Waals surface area contributed by atoms with Crippen LogP contribution in [0.2, 0.25) is 5.15 Å². The quantitative estimate of drug-likeness (QED) is 0.767. The molecule has 1 aromatic rings. The summed E-state index contributed by atoms with van der Waals surface area (Å²) in [6.07, 6.45) is 2.76. The molecule has 2 rings (SSSR count). The van der Waals surface area contributed by atoms with Crippen molar-refractivity contribution in [1.82, 2.24) is 14.8 Å². The lowest BCUT2D eigenvalue weighted by Crippen LogP contribution is -2.33. The Morgan fingerprint density at radius 2 is 2.22 bits per heavy atom. The molecular weight excluding hydrogens is 250 g/mol. The van der Waals surface area contributed by atoms with E-state index in [4.69, 9.17) is 11.6 Å². The van der Waals surface area contributed by atoms with Crippen molar-refractivity contribution in [1.29, 1.82) is 0 Å². The number of rotatable bonds is 2. The Balaban J connectivity index is 1.92. The van der Waals surface area contributed by atoms with Crippen LogP contribution in [-0.4, -0.2) is 46.9 Å². The maximum Gasteiger partial charge on any atom is 0.219 e. The number of carbonyl (C=O) groups is 1. The summed E-state index contributed by atoms with van der Waals surface area (Å²) in [7, 11) is 0. The van der Waals surface area contributed by atoms with Gasteiger partial charge >= 0.3 is 0 Å². The van der Waals surface area contributed by atoms with E-state index in [-0.39, 0.29) is 5.91 Å². The molecule has 0 unspecified atom stereocenters. The van der Waals surface area contributed by atoms with Crippen LogP contribution in [0.5, 0.6) is 0 Å². The second kappa shape index (κ2) is 6.16. The number of pyridine rings is 1. The molecule has 0 bridgehead atoms. The number of nitrogens with zero attached hydrogens (tertiary/aromatic N) is 3. The maximum atomic E-state index is 11.3. The predicted molar refractivity (Wildman–Crippen MR) is 71.4 cm³/mol. The Hall–Kier alpha value is -1.13. The Morgan fingerprint density at radius 3 is 2.94 bits per heavy atom. The van der Waals surface area contributed by atoms with Crippen molar-refractivity contribution < 1.29 is 4.79 Å². The number of halogens is 1. The van der Waals surface area contributed by atoms with E-state index < -0.39 is 0 Å². The zero-order chi connectivity index (χ0) is 13.0. The third kappa shape index (κ3) is 3.68. The van der Waals surface area contributed by atoms with Gasteiger partial charge in [0.25, 0.3) is 0 Å². The van der Waals surface area contributed by atoms with E-state index in [2.05, 4.69) is 9.88 Å². The molecule has 0 N–H and O–H groups in total. The smallest absolute Gasteiger partial charge is 0.219 e. The molecule has 5 heteroatoms. The highest BCUT2D eigenvalue weighted by molar-refractivity contribution is 6.29. The normalized spacial score (nSPS) is 17.6. The molecule has 2 heterocycles.